The molecule has 0 saturated heterocycles. The molecule has 0 aliphatic carbocycles. The van der Waals surface area contributed by atoms with Crippen molar-refractivity contribution < 1.29 is 9.90 Å². The molecular weight excluding hydrogens is 286 g/mol. The van der Waals surface area contributed by atoms with Crippen LogP contribution in [0.15, 0.2) is 36.4 Å². The zero-order valence-corrected chi connectivity index (χ0v) is 13.0. The van der Waals surface area contributed by atoms with E-state index in [1.54, 1.807) is 6.92 Å². The van der Waals surface area contributed by atoms with Crippen molar-refractivity contribution in [3.63, 3.8) is 0 Å². The predicted molar refractivity (Wildman–Crippen MR) is 88.2 cm³/mol. The Morgan fingerprint density at radius 3 is 2.48 bits per heavy atom. The second kappa shape index (κ2) is 6.19. The topological polar surface area (TPSA) is 53.1 Å². The summed E-state index contributed by atoms with van der Waals surface area (Å²) in [6.07, 6.45) is 0. The van der Waals surface area contributed by atoms with Crippen LogP contribution in [0.25, 0.3) is 21.8 Å². The van der Waals surface area contributed by atoms with Gasteiger partial charge < -0.3 is 10.1 Å². The molecule has 3 rings (SSSR count). The van der Waals surface area contributed by atoms with E-state index in [4.69, 9.17) is 16.7 Å². The van der Waals surface area contributed by atoms with E-state index < -0.39 is 11.9 Å². The minimum Gasteiger partial charge on any atom is -0.481 e. The van der Waals surface area contributed by atoms with Crippen molar-refractivity contribution in [3.05, 3.63) is 47.0 Å². The van der Waals surface area contributed by atoms with Crippen LogP contribution in [0.4, 0.5) is 0 Å². The van der Waals surface area contributed by atoms with Gasteiger partial charge in [-0.15, -0.1) is 0 Å². The van der Waals surface area contributed by atoms with Crippen LogP contribution in [-0.4, -0.2) is 16.1 Å². The number of nitrogens with one attached hydrogen (secondary N) is 1. The number of halogens is 1. The molecule has 0 bridgehead atoms. The maximum absolute atomic E-state index is 11.0. The van der Waals surface area contributed by atoms with Crippen LogP contribution < -0.4 is 0 Å². The zero-order chi connectivity index (χ0) is 15.6. The summed E-state index contributed by atoms with van der Waals surface area (Å²) in [6, 6.07) is 11.4. The fraction of sp³-hybridized carbons (Fsp3) is 0.235. The summed E-state index contributed by atoms with van der Waals surface area (Å²) in [6.45, 7) is 5.68. The smallest absolute Gasteiger partial charge is 0.310 e. The zero-order valence-electron chi connectivity index (χ0n) is 12.3. The Kier molecular flexibility index (Phi) is 4.53. The first-order chi connectivity index (χ1) is 10.1. The summed E-state index contributed by atoms with van der Waals surface area (Å²) in [5.41, 5.74) is 2.72. The number of aromatic amines is 1. The van der Waals surface area contributed by atoms with Gasteiger partial charge in [0.25, 0.3) is 0 Å². The molecule has 0 saturated carbocycles. The minimum absolute atomic E-state index is 0.514. The van der Waals surface area contributed by atoms with Crippen molar-refractivity contribution in [2.45, 2.75) is 26.7 Å². The van der Waals surface area contributed by atoms with Crippen LogP contribution in [0.3, 0.4) is 0 Å². The Balaban J connectivity index is 0.000000774. The van der Waals surface area contributed by atoms with E-state index in [1.165, 1.54) is 0 Å². The fourth-order valence-corrected chi connectivity index (χ4v) is 2.48. The molecule has 0 fully saturated rings. The number of carboxylic acids is 1. The minimum atomic E-state index is -0.821. The van der Waals surface area contributed by atoms with E-state index in [0.717, 1.165) is 27.4 Å². The van der Waals surface area contributed by atoms with Crippen molar-refractivity contribution in [1.29, 1.82) is 0 Å². The Hall–Kier alpha value is -2.00. The molecule has 0 spiro atoms. The average molecular weight is 304 g/mol. The Morgan fingerprint density at radius 2 is 1.81 bits per heavy atom. The third-order valence-corrected chi connectivity index (χ3v) is 3.69. The molecule has 2 N–H and O–H groups in total. The van der Waals surface area contributed by atoms with Crippen molar-refractivity contribution >= 4 is 39.4 Å². The summed E-state index contributed by atoms with van der Waals surface area (Å²) in [7, 11) is 0. The molecule has 3 nitrogen and oxygen atoms in total. The van der Waals surface area contributed by atoms with E-state index in [0.29, 0.717) is 5.02 Å². The van der Waals surface area contributed by atoms with Crippen molar-refractivity contribution in [1.82, 2.24) is 4.98 Å². The van der Waals surface area contributed by atoms with Gasteiger partial charge in [-0.05, 0) is 36.8 Å². The Bertz CT molecular complexity index is 792. The number of hydrogen-bond donors (Lipinski definition) is 2. The lowest BCUT2D eigenvalue weighted by Gasteiger charge is -2.06. The molecule has 4 heteroatoms. The predicted octanol–water partition coefficient (Wildman–Crippen LogP) is 5.19. The standard InChI is InChI=1S/C15H12ClNO2.C2H6/c1-8(15(18)19)9-2-4-11-12-7-10(16)3-5-13(12)17-14(11)6-9;1-2/h2-8,17H,1H3,(H,18,19);1-2H3. The summed E-state index contributed by atoms with van der Waals surface area (Å²) in [4.78, 5) is 14.3. The molecule has 0 aliphatic heterocycles. The number of fused-ring (bicyclic) bond motifs is 3. The summed E-state index contributed by atoms with van der Waals surface area (Å²) < 4.78 is 0. The first-order valence-electron chi connectivity index (χ1n) is 7.00. The highest BCUT2D eigenvalue weighted by Gasteiger charge is 2.15. The maximum Gasteiger partial charge on any atom is 0.310 e. The van der Waals surface area contributed by atoms with Crippen molar-refractivity contribution in [2.75, 3.05) is 0 Å². The van der Waals surface area contributed by atoms with Crippen LogP contribution in [0.1, 0.15) is 32.3 Å². The highest BCUT2D eigenvalue weighted by Crippen LogP contribution is 2.30. The molecule has 110 valence electrons. The van der Waals surface area contributed by atoms with Gasteiger partial charge in [0.05, 0.1) is 5.92 Å². The summed E-state index contributed by atoms with van der Waals surface area (Å²) in [5.74, 6) is -1.34. The number of hydrogen-bond acceptors (Lipinski definition) is 1. The number of H-pyrrole nitrogens is 1. The molecule has 1 unspecified atom stereocenters. The van der Waals surface area contributed by atoms with E-state index >= 15 is 0 Å². The molecule has 21 heavy (non-hydrogen) atoms. The Morgan fingerprint density at radius 1 is 1.10 bits per heavy atom. The lowest BCUT2D eigenvalue weighted by atomic mass is 10.00. The SMILES string of the molecule is CC.CC(C(=O)O)c1ccc2c(c1)[nH]c1ccc(Cl)cc12. The number of aliphatic carboxylic acids is 1. The van der Waals surface area contributed by atoms with Gasteiger partial charge in [-0.3, -0.25) is 4.79 Å². The van der Waals surface area contributed by atoms with E-state index in [2.05, 4.69) is 4.98 Å². The highest BCUT2D eigenvalue weighted by molar-refractivity contribution is 6.31. The maximum atomic E-state index is 11.0. The van der Waals surface area contributed by atoms with Gasteiger partial charge in [0.1, 0.15) is 0 Å². The van der Waals surface area contributed by atoms with Crippen LogP contribution in [0.2, 0.25) is 5.02 Å². The first-order valence-corrected chi connectivity index (χ1v) is 7.38. The van der Waals surface area contributed by atoms with Gasteiger partial charge in [0.15, 0.2) is 0 Å². The van der Waals surface area contributed by atoms with Gasteiger partial charge in [0, 0.05) is 26.8 Å². The molecular formula is C17H18ClNO2. The normalized spacial score (nSPS) is 12.0. The molecule has 3 aromatic rings. The average Bonchev–Trinajstić information content (AvgIpc) is 2.85. The van der Waals surface area contributed by atoms with Gasteiger partial charge in [-0.2, -0.15) is 0 Å². The first kappa shape index (κ1) is 15.4. The van der Waals surface area contributed by atoms with Crippen molar-refractivity contribution in [2.24, 2.45) is 0 Å². The summed E-state index contributed by atoms with van der Waals surface area (Å²) >= 11 is 6.01. The molecule has 1 atom stereocenters. The van der Waals surface area contributed by atoms with Gasteiger partial charge in [0.2, 0.25) is 0 Å². The highest BCUT2D eigenvalue weighted by atomic mass is 35.5. The van der Waals surface area contributed by atoms with Crippen LogP contribution in [-0.2, 0) is 4.79 Å². The quantitative estimate of drug-likeness (QED) is 0.684. The van der Waals surface area contributed by atoms with E-state index in [9.17, 15) is 4.79 Å². The Labute approximate surface area is 128 Å². The van der Waals surface area contributed by atoms with Gasteiger partial charge >= 0.3 is 5.97 Å². The van der Waals surface area contributed by atoms with E-state index in [1.807, 2.05) is 50.2 Å². The number of rotatable bonds is 2. The largest absolute Gasteiger partial charge is 0.481 e. The number of carbonyl (C=O) groups is 1. The molecule has 2 aromatic carbocycles. The number of benzene rings is 2. The summed E-state index contributed by atoms with van der Waals surface area (Å²) in [5, 5.41) is 11.9. The van der Waals surface area contributed by atoms with Crippen LogP contribution in [0, 0.1) is 0 Å². The monoisotopic (exact) mass is 303 g/mol. The lowest BCUT2D eigenvalue weighted by Crippen LogP contribution is -2.06. The number of carboxylic acid groups (broad SMARTS) is 1. The third-order valence-electron chi connectivity index (χ3n) is 3.46. The second-order valence-corrected chi connectivity index (χ2v) is 5.12. The second-order valence-electron chi connectivity index (χ2n) is 4.68. The van der Waals surface area contributed by atoms with Gasteiger partial charge in [-0.1, -0.05) is 37.6 Å². The molecule has 0 amide bonds. The molecule has 0 aliphatic rings. The van der Waals surface area contributed by atoms with Crippen LogP contribution >= 0.6 is 11.6 Å². The van der Waals surface area contributed by atoms with Crippen molar-refractivity contribution in [3.8, 4) is 0 Å². The lowest BCUT2D eigenvalue weighted by molar-refractivity contribution is -0.138. The van der Waals surface area contributed by atoms with Crippen LogP contribution in [0.5, 0.6) is 0 Å². The molecule has 0 radical (unpaired) electrons. The molecule has 1 heterocycles. The van der Waals surface area contributed by atoms with E-state index in [-0.39, 0.29) is 0 Å². The van der Waals surface area contributed by atoms with Gasteiger partial charge in [-0.25, -0.2) is 0 Å². The fourth-order valence-electron chi connectivity index (χ4n) is 2.31. The number of aromatic nitrogens is 1. The molecule has 1 aromatic heterocycles. The third kappa shape index (κ3) is 2.88.